The molecular weight excluding hydrogens is 360 g/mol. The van der Waals surface area contributed by atoms with Crippen molar-refractivity contribution < 1.29 is 4.79 Å². The zero-order valence-corrected chi connectivity index (χ0v) is 16.1. The van der Waals surface area contributed by atoms with Gasteiger partial charge in [-0.2, -0.15) is 0 Å². The number of nitrogens with zero attached hydrogens (tertiary/aromatic N) is 3. The molecule has 3 aromatic rings. The van der Waals surface area contributed by atoms with Crippen LogP contribution < -0.4 is 5.56 Å². The fraction of sp³-hybridized carbons (Fsp3) is 0.300. The zero-order valence-electron chi connectivity index (χ0n) is 15.3. The van der Waals surface area contributed by atoms with Crippen LogP contribution in [0.3, 0.4) is 0 Å². The van der Waals surface area contributed by atoms with Crippen LogP contribution in [0.4, 0.5) is 0 Å². The molecule has 138 valence electrons. The van der Waals surface area contributed by atoms with E-state index in [4.69, 9.17) is 0 Å². The Kier molecular flexibility index (Phi) is 4.61. The van der Waals surface area contributed by atoms with E-state index in [1.54, 1.807) is 23.2 Å². The molecule has 6 nitrogen and oxygen atoms in total. The minimum Gasteiger partial charge on any atom is -0.337 e. The van der Waals surface area contributed by atoms with Crippen molar-refractivity contribution >= 4 is 17.2 Å². The van der Waals surface area contributed by atoms with Crippen molar-refractivity contribution in [2.75, 3.05) is 6.54 Å². The van der Waals surface area contributed by atoms with Gasteiger partial charge in [-0.25, -0.2) is 9.97 Å². The highest BCUT2D eigenvalue weighted by atomic mass is 32.1. The maximum Gasteiger partial charge on any atom is 0.256 e. The number of amides is 1. The molecule has 27 heavy (non-hydrogen) atoms. The first-order valence-electron chi connectivity index (χ1n) is 8.89. The molecule has 7 heteroatoms. The number of aromatic nitrogens is 3. The van der Waals surface area contributed by atoms with Crippen LogP contribution in [0.15, 0.2) is 35.1 Å². The summed E-state index contributed by atoms with van der Waals surface area (Å²) in [6.07, 6.45) is 0.842. The molecule has 0 aliphatic carbocycles. The normalized spacial score (nSPS) is 13.5. The van der Waals surface area contributed by atoms with Crippen LogP contribution in [-0.4, -0.2) is 32.3 Å². The van der Waals surface area contributed by atoms with Gasteiger partial charge in [-0.1, -0.05) is 30.3 Å². The molecule has 1 aliphatic rings. The summed E-state index contributed by atoms with van der Waals surface area (Å²) < 4.78 is 0. The molecule has 0 atom stereocenters. The molecule has 0 radical (unpaired) electrons. The number of hydrogen-bond donors (Lipinski definition) is 1. The fourth-order valence-electron chi connectivity index (χ4n) is 3.42. The average molecular weight is 380 g/mol. The monoisotopic (exact) mass is 380 g/mol. The standard InChI is InChI=1S/C20H20N4O2S/c1-12-21-16-8-9-24(11-15(16)20(26)22-12)18(25)10-17-19(27-13(2)23-17)14-6-4-3-5-7-14/h3-7H,8-11H2,1-2H3,(H,21,22,26). The average Bonchev–Trinajstić information content (AvgIpc) is 3.02. The number of rotatable bonds is 3. The number of H-pyrrole nitrogens is 1. The highest BCUT2D eigenvalue weighted by Crippen LogP contribution is 2.30. The number of benzene rings is 1. The first-order chi connectivity index (χ1) is 13.0. The molecule has 2 aromatic heterocycles. The van der Waals surface area contributed by atoms with Gasteiger partial charge in [0.2, 0.25) is 5.91 Å². The minimum atomic E-state index is -0.149. The van der Waals surface area contributed by atoms with Crippen LogP contribution >= 0.6 is 11.3 Å². The van der Waals surface area contributed by atoms with Gasteiger partial charge in [-0.3, -0.25) is 9.59 Å². The van der Waals surface area contributed by atoms with Crippen LogP contribution in [0.1, 0.15) is 27.8 Å². The fourth-order valence-corrected chi connectivity index (χ4v) is 4.36. The quantitative estimate of drug-likeness (QED) is 0.758. The zero-order chi connectivity index (χ0) is 19.0. The molecule has 0 unspecified atom stereocenters. The van der Waals surface area contributed by atoms with E-state index in [1.165, 1.54) is 0 Å². The summed E-state index contributed by atoms with van der Waals surface area (Å²) in [5, 5.41) is 0.941. The number of nitrogens with one attached hydrogen (secondary N) is 1. The van der Waals surface area contributed by atoms with E-state index >= 15 is 0 Å². The van der Waals surface area contributed by atoms with Gasteiger partial charge in [-0.15, -0.1) is 11.3 Å². The SMILES string of the molecule is Cc1nc2c(c(=O)[nH]1)CN(C(=O)Cc1nc(C)sc1-c1ccccc1)CC2. The van der Waals surface area contributed by atoms with Gasteiger partial charge in [0.15, 0.2) is 0 Å². The number of aromatic amines is 1. The van der Waals surface area contributed by atoms with Crippen LogP contribution in [-0.2, 0) is 24.2 Å². The molecule has 3 heterocycles. The second kappa shape index (κ2) is 7.08. The number of aryl methyl sites for hydroxylation is 2. The van der Waals surface area contributed by atoms with Gasteiger partial charge in [0.05, 0.1) is 39.8 Å². The lowest BCUT2D eigenvalue weighted by Crippen LogP contribution is -2.40. The predicted octanol–water partition coefficient (Wildman–Crippen LogP) is 2.64. The maximum atomic E-state index is 12.9. The van der Waals surface area contributed by atoms with E-state index in [2.05, 4.69) is 15.0 Å². The Hall–Kier alpha value is -2.80. The molecule has 0 saturated heterocycles. The van der Waals surface area contributed by atoms with Crippen molar-refractivity contribution in [1.82, 2.24) is 19.9 Å². The van der Waals surface area contributed by atoms with E-state index in [-0.39, 0.29) is 17.9 Å². The summed E-state index contributed by atoms with van der Waals surface area (Å²) in [5.74, 6) is 0.604. The van der Waals surface area contributed by atoms with E-state index in [0.29, 0.717) is 30.9 Å². The minimum absolute atomic E-state index is 0.0110. The van der Waals surface area contributed by atoms with E-state index in [9.17, 15) is 9.59 Å². The Morgan fingerprint density at radius 2 is 2.00 bits per heavy atom. The van der Waals surface area contributed by atoms with Gasteiger partial charge >= 0.3 is 0 Å². The highest BCUT2D eigenvalue weighted by molar-refractivity contribution is 7.15. The summed E-state index contributed by atoms with van der Waals surface area (Å²) in [5.41, 5.74) is 3.12. The largest absolute Gasteiger partial charge is 0.337 e. The number of fused-ring (bicyclic) bond motifs is 1. The Balaban J connectivity index is 1.56. The third kappa shape index (κ3) is 3.55. The highest BCUT2D eigenvalue weighted by Gasteiger charge is 2.25. The molecule has 1 aromatic carbocycles. The van der Waals surface area contributed by atoms with Gasteiger partial charge in [0.25, 0.3) is 5.56 Å². The first kappa shape index (κ1) is 17.6. The summed E-state index contributed by atoms with van der Waals surface area (Å²) in [6.45, 7) is 4.61. The van der Waals surface area contributed by atoms with E-state index in [1.807, 2.05) is 37.3 Å². The van der Waals surface area contributed by atoms with Crippen molar-refractivity contribution in [2.24, 2.45) is 0 Å². The molecule has 1 amide bonds. The summed E-state index contributed by atoms with van der Waals surface area (Å²) in [6, 6.07) is 10.0. The smallest absolute Gasteiger partial charge is 0.256 e. The van der Waals surface area contributed by atoms with Crippen molar-refractivity contribution in [1.29, 1.82) is 0 Å². The molecule has 0 fully saturated rings. The summed E-state index contributed by atoms with van der Waals surface area (Å²) in [7, 11) is 0. The van der Waals surface area contributed by atoms with Gasteiger partial charge in [0.1, 0.15) is 5.82 Å². The third-order valence-corrected chi connectivity index (χ3v) is 5.76. The van der Waals surface area contributed by atoms with Crippen LogP contribution in [0.2, 0.25) is 0 Å². The van der Waals surface area contributed by atoms with Crippen molar-refractivity contribution in [3.05, 3.63) is 68.5 Å². The van der Waals surface area contributed by atoms with Crippen molar-refractivity contribution in [3.63, 3.8) is 0 Å². The van der Waals surface area contributed by atoms with Crippen molar-refractivity contribution in [2.45, 2.75) is 33.2 Å². The predicted molar refractivity (Wildman–Crippen MR) is 105 cm³/mol. The molecule has 4 rings (SSSR count). The van der Waals surface area contributed by atoms with Crippen LogP contribution in [0.5, 0.6) is 0 Å². The molecule has 1 aliphatic heterocycles. The maximum absolute atomic E-state index is 12.9. The second-order valence-corrected chi connectivity index (χ2v) is 7.90. The number of hydrogen-bond acceptors (Lipinski definition) is 5. The molecule has 0 spiro atoms. The van der Waals surface area contributed by atoms with Crippen LogP contribution in [0, 0.1) is 13.8 Å². The van der Waals surface area contributed by atoms with E-state index < -0.39 is 0 Å². The Bertz CT molecular complexity index is 1060. The summed E-state index contributed by atoms with van der Waals surface area (Å²) >= 11 is 1.60. The van der Waals surface area contributed by atoms with Gasteiger partial charge in [0, 0.05) is 13.0 Å². The molecule has 1 N–H and O–H groups in total. The molecule has 0 bridgehead atoms. The Labute approximate surface area is 160 Å². The Morgan fingerprint density at radius 3 is 2.78 bits per heavy atom. The van der Waals surface area contributed by atoms with Gasteiger partial charge < -0.3 is 9.88 Å². The number of carbonyl (C=O) groups excluding carboxylic acids is 1. The Morgan fingerprint density at radius 1 is 1.22 bits per heavy atom. The number of carbonyl (C=O) groups is 1. The number of thiazole rings is 1. The van der Waals surface area contributed by atoms with Gasteiger partial charge in [-0.05, 0) is 19.4 Å². The van der Waals surface area contributed by atoms with E-state index in [0.717, 1.165) is 26.8 Å². The molecule has 0 saturated carbocycles. The molecular formula is C20H20N4O2S. The second-order valence-electron chi connectivity index (χ2n) is 6.69. The lowest BCUT2D eigenvalue weighted by Gasteiger charge is -2.27. The lowest BCUT2D eigenvalue weighted by atomic mass is 10.1. The summed E-state index contributed by atoms with van der Waals surface area (Å²) in [4.78, 5) is 39.6. The van der Waals surface area contributed by atoms with Crippen molar-refractivity contribution in [3.8, 4) is 10.4 Å². The topological polar surface area (TPSA) is 79.0 Å². The van der Waals surface area contributed by atoms with Crippen LogP contribution in [0.25, 0.3) is 10.4 Å². The lowest BCUT2D eigenvalue weighted by molar-refractivity contribution is -0.131. The third-order valence-electron chi connectivity index (χ3n) is 4.70. The first-order valence-corrected chi connectivity index (χ1v) is 9.71.